The fraction of sp³-hybridized carbons (Fsp3) is 0.200. The maximum atomic E-state index is 12.6. The fourth-order valence-corrected chi connectivity index (χ4v) is 4.50. The van der Waals surface area contributed by atoms with Gasteiger partial charge in [-0.25, -0.2) is 9.28 Å². The number of nitrogens with zero attached hydrogens (tertiary/aromatic N) is 2. The molecule has 8 nitrogen and oxygen atoms in total. The molecule has 1 spiro atoms. The van der Waals surface area contributed by atoms with Gasteiger partial charge in [0.1, 0.15) is 10.9 Å². The standard InChI is InChI=1S/C15H10N2O6S2/c18-10(19)5-16-12(20)11(25-15(16)24)13-17(6-8(17)14(21)22)7-3-1-2-4-9(7)23-13/h1-4,8H,5-6H2,(H-,18,19,21,22)/p+1/b13-11-. The van der Waals surface area contributed by atoms with E-state index in [2.05, 4.69) is 0 Å². The lowest BCUT2D eigenvalue weighted by atomic mass is 10.3. The van der Waals surface area contributed by atoms with Crippen LogP contribution in [-0.2, 0) is 14.4 Å². The van der Waals surface area contributed by atoms with Crippen LogP contribution in [0.3, 0.4) is 0 Å². The molecule has 0 aromatic heterocycles. The summed E-state index contributed by atoms with van der Waals surface area (Å²) in [4.78, 5) is 36.3. The Morgan fingerprint density at radius 2 is 2.08 bits per heavy atom. The van der Waals surface area contributed by atoms with Gasteiger partial charge in [-0.3, -0.25) is 14.5 Å². The van der Waals surface area contributed by atoms with E-state index in [4.69, 9.17) is 22.1 Å². The van der Waals surface area contributed by atoms with E-state index in [0.717, 1.165) is 16.7 Å². The van der Waals surface area contributed by atoms with Crippen molar-refractivity contribution >= 4 is 51.8 Å². The van der Waals surface area contributed by atoms with Gasteiger partial charge in [0.05, 0.1) is 0 Å². The number of carboxylic acid groups (broad SMARTS) is 2. The minimum absolute atomic E-state index is 0.0803. The van der Waals surface area contributed by atoms with Crippen molar-refractivity contribution in [3.63, 3.8) is 0 Å². The zero-order valence-corrected chi connectivity index (χ0v) is 14.2. The molecular weight excluding hydrogens is 368 g/mol. The van der Waals surface area contributed by atoms with E-state index >= 15 is 0 Å². The van der Waals surface area contributed by atoms with Crippen LogP contribution in [0.25, 0.3) is 0 Å². The lowest BCUT2D eigenvalue weighted by molar-refractivity contribution is -0.140. The number of quaternary nitrogens is 1. The van der Waals surface area contributed by atoms with Crippen molar-refractivity contribution in [2.24, 2.45) is 0 Å². The molecule has 3 heterocycles. The number of hydrogen-bond donors (Lipinski definition) is 2. The number of benzene rings is 1. The number of ether oxygens (including phenoxy) is 1. The maximum Gasteiger partial charge on any atom is 0.369 e. The first-order valence-corrected chi connectivity index (χ1v) is 8.47. The number of aliphatic carboxylic acids is 2. The number of thioether (sulfide) groups is 1. The highest BCUT2D eigenvalue weighted by molar-refractivity contribution is 8.26. The second-order valence-corrected chi connectivity index (χ2v) is 7.41. The summed E-state index contributed by atoms with van der Waals surface area (Å²) >= 11 is 6.04. The third kappa shape index (κ3) is 2.18. The topological polar surface area (TPSA) is 104 Å². The Morgan fingerprint density at radius 1 is 1.36 bits per heavy atom. The van der Waals surface area contributed by atoms with Gasteiger partial charge in [-0.15, -0.1) is 0 Å². The van der Waals surface area contributed by atoms with E-state index < -0.39 is 30.4 Å². The molecule has 128 valence electrons. The predicted molar refractivity (Wildman–Crippen MR) is 91.7 cm³/mol. The molecule has 1 amide bonds. The first-order chi connectivity index (χ1) is 11.9. The Kier molecular flexibility index (Phi) is 3.39. The van der Waals surface area contributed by atoms with Crippen molar-refractivity contribution in [1.82, 2.24) is 9.38 Å². The molecule has 1 aromatic carbocycles. The monoisotopic (exact) mass is 379 g/mol. The van der Waals surface area contributed by atoms with E-state index in [-0.39, 0.29) is 26.1 Å². The van der Waals surface area contributed by atoms with Crippen LogP contribution < -0.4 is 9.22 Å². The molecule has 0 bridgehead atoms. The number of para-hydroxylation sites is 2. The van der Waals surface area contributed by atoms with Crippen molar-refractivity contribution in [3.8, 4) is 5.75 Å². The fourth-order valence-electron chi connectivity index (χ4n) is 3.18. The summed E-state index contributed by atoms with van der Waals surface area (Å²) in [5.41, 5.74) is 0.674. The molecule has 0 aliphatic carbocycles. The summed E-state index contributed by atoms with van der Waals surface area (Å²) in [6.07, 6.45) is 0. The predicted octanol–water partition coefficient (Wildman–Crippen LogP) is 0.967. The molecule has 25 heavy (non-hydrogen) atoms. The van der Waals surface area contributed by atoms with E-state index in [1.54, 1.807) is 24.3 Å². The Morgan fingerprint density at radius 3 is 2.72 bits per heavy atom. The lowest BCUT2D eigenvalue weighted by Crippen LogP contribution is -2.35. The molecule has 2 unspecified atom stereocenters. The molecule has 10 heteroatoms. The Balaban J connectivity index is 1.82. The highest BCUT2D eigenvalue weighted by Gasteiger charge is 2.71. The van der Waals surface area contributed by atoms with Crippen LogP contribution in [-0.4, -0.2) is 56.4 Å². The number of hydrogen-bond acceptors (Lipinski definition) is 6. The van der Waals surface area contributed by atoms with Crippen LogP contribution >= 0.6 is 24.0 Å². The van der Waals surface area contributed by atoms with Crippen LogP contribution in [0.4, 0.5) is 5.69 Å². The number of fused-ring (bicyclic) bond motifs is 2. The van der Waals surface area contributed by atoms with E-state index in [0.29, 0.717) is 11.4 Å². The van der Waals surface area contributed by atoms with Crippen LogP contribution in [0.2, 0.25) is 0 Å². The van der Waals surface area contributed by atoms with Gasteiger partial charge < -0.3 is 14.9 Å². The normalized spacial score (nSPS) is 29.8. The first kappa shape index (κ1) is 16.1. The van der Waals surface area contributed by atoms with Crippen molar-refractivity contribution in [2.75, 3.05) is 13.1 Å². The Bertz CT molecular complexity index is 898. The van der Waals surface area contributed by atoms with Crippen molar-refractivity contribution in [2.45, 2.75) is 6.04 Å². The van der Waals surface area contributed by atoms with Gasteiger partial charge in [0, 0.05) is 6.07 Å². The number of amides is 1. The van der Waals surface area contributed by atoms with Crippen LogP contribution in [0, 0.1) is 0 Å². The molecule has 3 aliphatic rings. The molecule has 2 atom stereocenters. The average Bonchev–Trinajstić information content (AvgIpc) is 3.15. The third-order valence-electron chi connectivity index (χ3n) is 4.35. The van der Waals surface area contributed by atoms with Gasteiger partial charge in [-0.1, -0.05) is 24.4 Å². The van der Waals surface area contributed by atoms with Gasteiger partial charge in [0.25, 0.3) is 5.91 Å². The largest absolute Gasteiger partial charge is 0.480 e. The summed E-state index contributed by atoms with van der Waals surface area (Å²) in [6.45, 7) is -0.276. The summed E-state index contributed by atoms with van der Waals surface area (Å²) in [6, 6.07) is 6.26. The minimum atomic E-state index is -1.18. The second kappa shape index (κ2) is 5.28. The summed E-state index contributed by atoms with van der Waals surface area (Å²) in [5, 5.41) is 18.4. The van der Waals surface area contributed by atoms with Gasteiger partial charge in [0.2, 0.25) is 6.04 Å². The van der Waals surface area contributed by atoms with E-state index in [9.17, 15) is 19.5 Å². The smallest absolute Gasteiger partial charge is 0.369 e. The second-order valence-electron chi connectivity index (χ2n) is 5.76. The van der Waals surface area contributed by atoms with Crippen molar-refractivity contribution in [1.29, 1.82) is 0 Å². The van der Waals surface area contributed by atoms with E-state index in [1.807, 2.05) is 0 Å². The number of carbonyl (C=O) groups excluding carboxylic acids is 1. The molecule has 2 fully saturated rings. The molecule has 2 N–H and O–H groups in total. The number of carboxylic acids is 2. The van der Waals surface area contributed by atoms with Gasteiger partial charge in [-0.2, -0.15) is 0 Å². The zero-order valence-electron chi connectivity index (χ0n) is 12.5. The molecule has 2 saturated heterocycles. The number of carbonyl (C=O) groups is 3. The zero-order chi connectivity index (χ0) is 17.9. The SMILES string of the molecule is O=C(O)CN1C(=O)/C(=C2/Oc3ccccc3[N+]23CC3C(=O)O)SC1=S. The third-order valence-corrected chi connectivity index (χ3v) is 5.76. The molecular formula is C15H11N2O6S2+. The highest BCUT2D eigenvalue weighted by Crippen LogP contribution is 2.56. The maximum absolute atomic E-state index is 12.6. The van der Waals surface area contributed by atoms with Crippen LogP contribution in [0.1, 0.15) is 0 Å². The number of thiocarbonyl (C=S) groups is 1. The molecule has 0 saturated carbocycles. The molecule has 0 radical (unpaired) electrons. The summed E-state index contributed by atoms with van der Waals surface area (Å²) in [7, 11) is 0. The highest BCUT2D eigenvalue weighted by atomic mass is 32.2. The summed E-state index contributed by atoms with van der Waals surface area (Å²) in [5.74, 6) is -2.05. The lowest BCUT2D eigenvalue weighted by Gasteiger charge is -2.13. The van der Waals surface area contributed by atoms with Crippen molar-refractivity contribution < 1.29 is 29.3 Å². The molecule has 4 rings (SSSR count). The summed E-state index contributed by atoms with van der Waals surface area (Å²) < 4.78 is 5.87. The van der Waals surface area contributed by atoms with Crippen LogP contribution in [0.5, 0.6) is 5.75 Å². The molecule has 1 aromatic rings. The van der Waals surface area contributed by atoms with Gasteiger partial charge >= 0.3 is 17.8 Å². The van der Waals surface area contributed by atoms with Crippen LogP contribution in [0.15, 0.2) is 35.1 Å². The van der Waals surface area contributed by atoms with E-state index in [1.165, 1.54) is 0 Å². The average molecular weight is 379 g/mol. The van der Waals surface area contributed by atoms with Crippen molar-refractivity contribution in [3.05, 3.63) is 35.1 Å². The molecule has 3 aliphatic heterocycles. The Labute approximate surface area is 150 Å². The number of rotatable bonds is 3. The van der Waals surface area contributed by atoms with Gasteiger partial charge in [0.15, 0.2) is 22.9 Å². The first-order valence-electron chi connectivity index (χ1n) is 7.24. The Hall–Kier alpha value is -2.43. The van der Waals surface area contributed by atoms with Gasteiger partial charge in [-0.05, 0) is 17.8 Å². The minimum Gasteiger partial charge on any atom is -0.480 e. The quantitative estimate of drug-likeness (QED) is 0.346.